The first-order valence-electron chi connectivity index (χ1n) is 5.90. The molecule has 0 heterocycles. The zero-order valence-corrected chi connectivity index (χ0v) is 10.2. The van der Waals surface area contributed by atoms with Crippen molar-refractivity contribution in [2.75, 3.05) is 0 Å². The van der Waals surface area contributed by atoms with Crippen molar-refractivity contribution in [2.24, 2.45) is 0 Å². The average Bonchev–Trinajstić information content (AvgIpc) is 2.41. The van der Waals surface area contributed by atoms with Crippen LogP contribution in [0.5, 0.6) is 11.5 Å². The van der Waals surface area contributed by atoms with E-state index in [0.29, 0.717) is 11.3 Å². The number of halogens is 1. The van der Waals surface area contributed by atoms with Crippen LogP contribution in [-0.4, -0.2) is 5.11 Å². The van der Waals surface area contributed by atoms with Crippen LogP contribution in [0.3, 0.4) is 0 Å². The van der Waals surface area contributed by atoms with Crippen LogP contribution in [0.25, 0.3) is 0 Å². The Morgan fingerprint density at radius 1 is 1.06 bits per heavy atom. The zero-order chi connectivity index (χ0) is 13.0. The molecular weight excluding hydrogens is 231 g/mol. The Kier molecular flexibility index (Phi) is 3.95. The fourth-order valence-corrected chi connectivity index (χ4v) is 1.80. The van der Waals surface area contributed by atoms with Gasteiger partial charge in [-0.3, -0.25) is 0 Å². The van der Waals surface area contributed by atoms with Crippen LogP contribution < -0.4 is 4.74 Å². The summed E-state index contributed by atoms with van der Waals surface area (Å²) in [4.78, 5) is 0. The van der Waals surface area contributed by atoms with Gasteiger partial charge in [0, 0.05) is 5.56 Å². The van der Waals surface area contributed by atoms with E-state index >= 15 is 0 Å². The van der Waals surface area contributed by atoms with E-state index in [-0.39, 0.29) is 12.4 Å². The molecule has 2 rings (SSSR count). The Labute approximate surface area is 106 Å². The first-order chi connectivity index (χ1) is 8.76. The highest BCUT2D eigenvalue weighted by atomic mass is 19.1. The zero-order valence-electron chi connectivity index (χ0n) is 10.2. The summed E-state index contributed by atoms with van der Waals surface area (Å²) in [5.41, 5.74) is 1.45. The normalized spacial score (nSPS) is 10.4. The molecule has 0 aliphatic heterocycles. The van der Waals surface area contributed by atoms with E-state index < -0.39 is 5.82 Å². The lowest BCUT2D eigenvalue weighted by Crippen LogP contribution is -1.97. The predicted octanol–water partition coefficient (Wildman–Crippen LogP) is 3.67. The summed E-state index contributed by atoms with van der Waals surface area (Å²) in [6.45, 7) is 1.76. The second-order valence-electron chi connectivity index (χ2n) is 3.95. The molecule has 2 aromatic rings. The Bertz CT molecular complexity index is 538. The van der Waals surface area contributed by atoms with E-state index in [0.717, 1.165) is 12.0 Å². The van der Waals surface area contributed by atoms with Gasteiger partial charge < -0.3 is 9.84 Å². The van der Waals surface area contributed by atoms with Gasteiger partial charge in [-0.05, 0) is 24.1 Å². The second-order valence-corrected chi connectivity index (χ2v) is 3.95. The molecule has 94 valence electrons. The molecule has 0 unspecified atom stereocenters. The summed E-state index contributed by atoms with van der Waals surface area (Å²) < 4.78 is 19.3. The number of aryl methyl sites for hydroxylation is 1. The van der Waals surface area contributed by atoms with Gasteiger partial charge in [0.2, 0.25) is 0 Å². The third-order valence-electron chi connectivity index (χ3n) is 2.78. The van der Waals surface area contributed by atoms with Crippen LogP contribution in [0, 0.1) is 5.82 Å². The number of aliphatic hydroxyl groups is 1. The lowest BCUT2D eigenvalue weighted by atomic mass is 10.1. The Morgan fingerprint density at radius 2 is 1.78 bits per heavy atom. The van der Waals surface area contributed by atoms with Crippen LogP contribution in [0.1, 0.15) is 18.1 Å². The van der Waals surface area contributed by atoms with E-state index in [9.17, 15) is 9.50 Å². The van der Waals surface area contributed by atoms with Crippen molar-refractivity contribution in [1.82, 2.24) is 0 Å². The molecule has 0 amide bonds. The quantitative estimate of drug-likeness (QED) is 0.891. The predicted molar refractivity (Wildman–Crippen MR) is 68.2 cm³/mol. The van der Waals surface area contributed by atoms with Crippen LogP contribution in [-0.2, 0) is 13.0 Å². The minimum Gasteiger partial charge on any atom is -0.454 e. The van der Waals surface area contributed by atoms with Gasteiger partial charge in [0.1, 0.15) is 5.75 Å². The Morgan fingerprint density at radius 3 is 2.50 bits per heavy atom. The molecule has 0 fully saturated rings. The molecule has 0 aliphatic rings. The molecule has 0 aliphatic carbocycles. The lowest BCUT2D eigenvalue weighted by Gasteiger charge is -2.13. The summed E-state index contributed by atoms with van der Waals surface area (Å²) in [6.07, 6.45) is 0.805. The molecular formula is C15H15FO2. The van der Waals surface area contributed by atoms with Crippen LogP contribution in [0.2, 0.25) is 0 Å². The smallest absolute Gasteiger partial charge is 0.168 e. The second kappa shape index (κ2) is 5.65. The summed E-state index contributed by atoms with van der Waals surface area (Å²) >= 11 is 0. The average molecular weight is 246 g/mol. The van der Waals surface area contributed by atoms with Gasteiger partial charge in [0.05, 0.1) is 6.61 Å². The van der Waals surface area contributed by atoms with E-state index in [1.165, 1.54) is 6.07 Å². The number of hydrogen-bond donors (Lipinski definition) is 1. The number of aliphatic hydroxyl groups excluding tert-OH is 1. The molecule has 0 atom stereocenters. The van der Waals surface area contributed by atoms with E-state index in [4.69, 9.17) is 4.74 Å². The third-order valence-corrected chi connectivity index (χ3v) is 2.78. The van der Waals surface area contributed by atoms with Crippen molar-refractivity contribution in [2.45, 2.75) is 20.0 Å². The molecule has 0 bridgehead atoms. The van der Waals surface area contributed by atoms with Crippen molar-refractivity contribution in [3.63, 3.8) is 0 Å². The van der Waals surface area contributed by atoms with Crippen LogP contribution in [0.15, 0.2) is 42.5 Å². The first-order valence-corrected chi connectivity index (χ1v) is 5.90. The van der Waals surface area contributed by atoms with Gasteiger partial charge in [-0.15, -0.1) is 0 Å². The maximum atomic E-state index is 13.7. The number of benzene rings is 2. The highest BCUT2D eigenvalue weighted by molar-refractivity contribution is 5.42. The van der Waals surface area contributed by atoms with Crippen molar-refractivity contribution < 1.29 is 14.2 Å². The molecule has 0 saturated carbocycles. The van der Waals surface area contributed by atoms with E-state index in [1.807, 2.05) is 25.1 Å². The fourth-order valence-electron chi connectivity index (χ4n) is 1.80. The van der Waals surface area contributed by atoms with Gasteiger partial charge in [0.25, 0.3) is 0 Å². The molecule has 0 aromatic heterocycles. The highest BCUT2D eigenvalue weighted by Crippen LogP contribution is 2.30. The fraction of sp³-hybridized carbons (Fsp3) is 0.200. The molecule has 18 heavy (non-hydrogen) atoms. The molecule has 2 nitrogen and oxygen atoms in total. The van der Waals surface area contributed by atoms with E-state index in [1.54, 1.807) is 18.2 Å². The first kappa shape index (κ1) is 12.6. The topological polar surface area (TPSA) is 29.5 Å². The maximum Gasteiger partial charge on any atom is 0.168 e. The number of hydrogen-bond acceptors (Lipinski definition) is 2. The van der Waals surface area contributed by atoms with Crippen LogP contribution >= 0.6 is 0 Å². The van der Waals surface area contributed by atoms with Gasteiger partial charge in [-0.1, -0.05) is 37.3 Å². The summed E-state index contributed by atoms with van der Waals surface area (Å²) in [7, 11) is 0. The third kappa shape index (κ3) is 2.51. The largest absolute Gasteiger partial charge is 0.454 e. The highest BCUT2D eigenvalue weighted by Gasteiger charge is 2.11. The summed E-state index contributed by atoms with van der Waals surface area (Å²) in [6, 6.07) is 12.0. The SMILES string of the molecule is CCc1ccccc1Oc1c(F)cccc1CO. The number of ether oxygens (including phenoxy) is 1. The van der Waals surface area contributed by atoms with Crippen LogP contribution in [0.4, 0.5) is 4.39 Å². The van der Waals surface area contributed by atoms with Crippen molar-refractivity contribution in [3.05, 3.63) is 59.4 Å². The number of rotatable bonds is 4. The van der Waals surface area contributed by atoms with Gasteiger partial charge in [-0.25, -0.2) is 4.39 Å². The van der Waals surface area contributed by atoms with Crippen molar-refractivity contribution in [3.8, 4) is 11.5 Å². The molecule has 2 aromatic carbocycles. The van der Waals surface area contributed by atoms with E-state index in [2.05, 4.69) is 0 Å². The Hall–Kier alpha value is -1.87. The van der Waals surface area contributed by atoms with Crippen molar-refractivity contribution >= 4 is 0 Å². The summed E-state index contributed by atoms with van der Waals surface area (Å²) in [5.74, 6) is 0.258. The molecule has 0 spiro atoms. The Balaban J connectivity index is 2.39. The standard InChI is InChI=1S/C15H15FO2/c1-2-11-6-3-4-9-14(11)18-15-12(10-17)7-5-8-13(15)16/h3-9,17H,2,10H2,1H3. The number of para-hydroxylation sites is 2. The van der Waals surface area contributed by atoms with Gasteiger partial charge in [0.15, 0.2) is 11.6 Å². The molecule has 0 saturated heterocycles. The minimum atomic E-state index is -0.465. The summed E-state index contributed by atoms with van der Waals surface area (Å²) in [5, 5.41) is 9.20. The van der Waals surface area contributed by atoms with Gasteiger partial charge >= 0.3 is 0 Å². The maximum absolute atomic E-state index is 13.7. The molecule has 0 radical (unpaired) electrons. The van der Waals surface area contributed by atoms with Gasteiger partial charge in [-0.2, -0.15) is 0 Å². The minimum absolute atomic E-state index is 0.0981. The monoisotopic (exact) mass is 246 g/mol. The van der Waals surface area contributed by atoms with Crippen molar-refractivity contribution in [1.29, 1.82) is 0 Å². The molecule has 3 heteroatoms. The lowest BCUT2D eigenvalue weighted by molar-refractivity contribution is 0.274. The molecule has 1 N–H and O–H groups in total.